The summed E-state index contributed by atoms with van der Waals surface area (Å²) in [6.07, 6.45) is 0. The van der Waals surface area contributed by atoms with Crippen LogP contribution in [0.3, 0.4) is 0 Å². The molecule has 31 heavy (non-hydrogen) atoms. The highest BCUT2D eigenvalue weighted by Crippen LogP contribution is 2.29. The summed E-state index contributed by atoms with van der Waals surface area (Å²) < 4.78 is 10.4. The molecule has 0 radical (unpaired) electrons. The maximum absolute atomic E-state index is 12.3. The molecule has 0 bridgehead atoms. The molecule has 0 aliphatic carbocycles. The second-order valence-corrected chi connectivity index (χ2v) is 7.71. The second-order valence-electron chi connectivity index (χ2n) is 6.56. The van der Waals surface area contributed by atoms with E-state index in [9.17, 15) is 19.7 Å². The molecule has 0 spiro atoms. The van der Waals surface area contributed by atoms with Crippen LogP contribution in [0, 0.1) is 10.1 Å². The van der Waals surface area contributed by atoms with Crippen LogP contribution in [0.4, 0.5) is 5.69 Å². The summed E-state index contributed by atoms with van der Waals surface area (Å²) in [5, 5.41) is 11.4. The molecule has 0 atom stereocenters. The highest BCUT2D eigenvalue weighted by molar-refractivity contribution is 7.99. The zero-order valence-electron chi connectivity index (χ0n) is 16.0. The fourth-order valence-corrected chi connectivity index (χ4v) is 3.67. The number of fused-ring (bicyclic) bond motifs is 1. The van der Waals surface area contributed by atoms with E-state index in [2.05, 4.69) is 0 Å². The Morgan fingerprint density at radius 1 is 0.968 bits per heavy atom. The number of benzene rings is 3. The highest BCUT2D eigenvalue weighted by atomic mass is 32.2. The molecule has 1 aromatic heterocycles. The van der Waals surface area contributed by atoms with Crippen molar-refractivity contribution < 1.29 is 18.9 Å². The normalized spacial score (nSPS) is 10.7. The standard InChI is InChI=1S/C23H15NO6S/c25-22(20-13-16-3-1-2-4-21(16)30-23(20)26)29-14-15-5-9-18(10-6-15)31-19-11-7-17(8-12-19)24(27)28/h1-13H,14H2. The number of nitro benzene ring substituents is 1. The first-order chi connectivity index (χ1) is 15.0. The predicted molar refractivity (Wildman–Crippen MR) is 115 cm³/mol. The van der Waals surface area contributed by atoms with Gasteiger partial charge in [-0.05, 0) is 42.0 Å². The summed E-state index contributed by atoms with van der Waals surface area (Å²) in [6.45, 7) is 0.00752. The minimum atomic E-state index is -0.746. The molecule has 1 heterocycles. The van der Waals surface area contributed by atoms with Gasteiger partial charge >= 0.3 is 11.6 Å². The number of rotatable bonds is 6. The van der Waals surface area contributed by atoms with Crippen LogP contribution in [0.2, 0.25) is 0 Å². The molecule has 0 saturated heterocycles. The Morgan fingerprint density at radius 2 is 1.61 bits per heavy atom. The molecule has 0 saturated carbocycles. The van der Waals surface area contributed by atoms with Gasteiger partial charge in [0, 0.05) is 27.3 Å². The lowest BCUT2D eigenvalue weighted by Gasteiger charge is -2.06. The molecule has 4 aromatic rings. The third-order valence-electron chi connectivity index (χ3n) is 4.44. The Balaban J connectivity index is 1.39. The second kappa shape index (κ2) is 8.85. The van der Waals surface area contributed by atoms with Gasteiger partial charge in [-0.3, -0.25) is 10.1 Å². The summed E-state index contributed by atoms with van der Waals surface area (Å²) in [7, 11) is 0. The number of ether oxygens (including phenoxy) is 1. The van der Waals surface area contributed by atoms with Crippen molar-refractivity contribution in [3.63, 3.8) is 0 Å². The van der Waals surface area contributed by atoms with E-state index in [4.69, 9.17) is 9.15 Å². The molecule has 7 nitrogen and oxygen atoms in total. The predicted octanol–water partition coefficient (Wildman–Crippen LogP) is 5.21. The van der Waals surface area contributed by atoms with E-state index < -0.39 is 16.5 Å². The van der Waals surface area contributed by atoms with Gasteiger partial charge in [0.1, 0.15) is 17.8 Å². The number of esters is 1. The molecule has 0 amide bonds. The Kier molecular flexibility index (Phi) is 5.81. The molecule has 0 aliphatic heterocycles. The third-order valence-corrected chi connectivity index (χ3v) is 5.45. The zero-order valence-corrected chi connectivity index (χ0v) is 16.8. The lowest BCUT2D eigenvalue weighted by molar-refractivity contribution is -0.384. The number of para-hydroxylation sites is 1. The van der Waals surface area contributed by atoms with Crippen LogP contribution in [-0.4, -0.2) is 10.9 Å². The summed E-state index contributed by atoms with van der Waals surface area (Å²) in [5.41, 5.74) is 0.321. The lowest BCUT2D eigenvalue weighted by Crippen LogP contribution is -2.16. The molecule has 3 aromatic carbocycles. The Morgan fingerprint density at radius 3 is 2.29 bits per heavy atom. The van der Waals surface area contributed by atoms with Crippen molar-refractivity contribution in [2.75, 3.05) is 0 Å². The first-order valence-electron chi connectivity index (χ1n) is 9.21. The topological polar surface area (TPSA) is 99.7 Å². The van der Waals surface area contributed by atoms with Crippen LogP contribution in [0.1, 0.15) is 15.9 Å². The third kappa shape index (κ3) is 4.81. The number of nitrogens with zero attached hydrogens (tertiary/aromatic N) is 1. The number of hydrogen-bond donors (Lipinski definition) is 0. The number of hydrogen-bond acceptors (Lipinski definition) is 7. The minimum absolute atomic E-state index is 0.00752. The van der Waals surface area contributed by atoms with Crippen LogP contribution in [-0.2, 0) is 11.3 Å². The number of carbonyl (C=O) groups is 1. The Labute approximate surface area is 180 Å². The maximum atomic E-state index is 12.3. The smallest absolute Gasteiger partial charge is 0.351 e. The van der Waals surface area contributed by atoms with Gasteiger partial charge in [0.15, 0.2) is 0 Å². The van der Waals surface area contributed by atoms with Crippen LogP contribution in [0.5, 0.6) is 0 Å². The van der Waals surface area contributed by atoms with Crippen molar-refractivity contribution in [2.45, 2.75) is 16.4 Å². The molecular weight excluding hydrogens is 418 g/mol. The monoisotopic (exact) mass is 433 g/mol. The van der Waals surface area contributed by atoms with Gasteiger partial charge in [-0.15, -0.1) is 0 Å². The van der Waals surface area contributed by atoms with E-state index in [1.807, 2.05) is 24.3 Å². The van der Waals surface area contributed by atoms with Crippen LogP contribution in [0.15, 0.2) is 97.9 Å². The SMILES string of the molecule is O=C(OCc1ccc(Sc2ccc([N+](=O)[O-])cc2)cc1)c1cc2ccccc2oc1=O. The molecule has 8 heteroatoms. The maximum Gasteiger partial charge on any atom is 0.351 e. The largest absolute Gasteiger partial charge is 0.457 e. The molecule has 0 aliphatic rings. The average molecular weight is 433 g/mol. The van der Waals surface area contributed by atoms with Gasteiger partial charge < -0.3 is 9.15 Å². The lowest BCUT2D eigenvalue weighted by atomic mass is 10.2. The number of non-ortho nitro benzene ring substituents is 1. The van der Waals surface area contributed by atoms with Gasteiger partial charge in [0.05, 0.1) is 4.92 Å². The van der Waals surface area contributed by atoms with Crippen molar-refractivity contribution in [2.24, 2.45) is 0 Å². The molecule has 0 fully saturated rings. The number of nitro groups is 1. The molecule has 4 rings (SSSR count). The van der Waals surface area contributed by atoms with Crippen LogP contribution < -0.4 is 5.63 Å². The van der Waals surface area contributed by atoms with E-state index in [-0.39, 0.29) is 17.9 Å². The molecular formula is C23H15NO6S. The first-order valence-corrected chi connectivity index (χ1v) is 10.0. The van der Waals surface area contributed by atoms with Crippen LogP contribution in [0.25, 0.3) is 11.0 Å². The van der Waals surface area contributed by atoms with E-state index in [1.165, 1.54) is 30.0 Å². The van der Waals surface area contributed by atoms with Crippen molar-refractivity contribution in [1.29, 1.82) is 0 Å². The summed E-state index contributed by atoms with van der Waals surface area (Å²) in [4.78, 5) is 36.5. The molecule has 0 N–H and O–H groups in total. The quantitative estimate of drug-likeness (QED) is 0.178. The Bertz CT molecular complexity index is 1310. The summed E-state index contributed by atoms with van der Waals surface area (Å²) in [6, 6.07) is 22.0. The fraction of sp³-hybridized carbons (Fsp3) is 0.0435. The highest BCUT2D eigenvalue weighted by Gasteiger charge is 2.15. The zero-order chi connectivity index (χ0) is 21.8. The molecule has 0 unspecified atom stereocenters. The Hall–Kier alpha value is -3.91. The minimum Gasteiger partial charge on any atom is -0.457 e. The van der Waals surface area contributed by atoms with E-state index in [1.54, 1.807) is 36.4 Å². The van der Waals surface area contributed by atoms with Crippen molar-refractivity contribution in [3.8, 4) is 0 Å². The van der Waals surface area contributed by atoms with Crippen molar-refractivity contribution in [3.05, 3.63) is 111 Å². The summed E-state index contributed by atoms with van der Waals surface area (Å²) >= 11 is 1.46. The van der Waals surface area contributed by atoms with Crippen molar-refractivity contribution in [1.82, 2.24) is 0 Å². The van der Waals surface area contributed by atoms with Gasteiger partial charge in [-0.1, -0.05) is 42.1 Å². The van der Waals surface area contributed by atoms with Crippen LogP contribution >= 0.6 is 11.8 Å². The van der Waals surface area contributed by atoms with Gasteiger partial charge in [-0.25, -0.2) is 9.59 Å². The summed E-state index contributed by atoms with van der Waals surface area (Å²) in [5.74, 6) is -0.746. The van der Waals surface area contributed by atoms with Crippen molar-refractivity contribution >= 4 is 34.4 Å². The van der Waals surface area contributed by atoms with E-state index >= 15 is 0 Å². The van der Waals surface area contributed by atoms with Gasteiger partial charge in [0.2, 0.25) is 0 Å². The number of carbonyl (C=O) groups excluding carboxylic acids is 1. The fourth-order valence-electron chi connectivity index (χ4n) is 2.86. The first kappa shape index (κ1) is 20.4. The van der Waals surface area contributed by atoms with Gasteiger partial charge in [0.25, 0.3) is 5.69 Å². The van der Waals surface area contributed by atoms with Gasteiger partial charge in [-0.2, -0.15) is 0 Å². The van der Waals surface area contributed by atoms with E-state index in [0.29, 0.717) is 11.0 Å². The van der Waals surface area contributed by atoms with E-state index in [0.717, 1.165) is 15.4 Å². The average Bonchev–Trinajstić information content (AvgIpc) is 2.78. The molecule has 154 valence electrons.